The molecule has 0 saturated carbocycles. The fourth-order valence-electron chi connectivity index (χ4n) is 9.47. The predicted molar refractivity (Wildman–Crippen MR) is 223 cm³/mol. The Balaban J connectivity index is 1.03. The number of para-hydroxylation sites is 1. The first-order chi connectivity index (χ1) is 26.0. The number of fused-ring (bicyclic) bond motifs is 9. The zero-order valence-electron chi connectivity index (χ0n) is 29.9. The molecule has 0 amide bonds. The molecule has 0 saturated heterocycles. The quantitative estimate of drug-likeness (QED) is 0.175. The summed E-state index contributed by atoms with van der Waals surface area (Å²) in [6, 6.07) is 65.3. The van der Waals surface area contributed by atoms with Gasteiger partial charge in [0.1, 0.15) is 0 Å². The first kappa shape index (κ1) is 30.2. The Hall–Kier alpha value is -6.44. The van der Waals surface area contributed by atoms with Gasteiger partial charge >= 0.3 is 0 Å². The minimum Gasteiger partial charge on any atom is -0.309 e. The normalized spacial score (nSPS) is 13.5. The van der Waals surface area contributed by atoms with Gasteiger partial charge in [-0.25, -0.2) is 0 Å². The Morgan fingerprint density at radius 2 is 0.981 bits per heavy atom. The van der Waals surface area contributed by atoms with E-state index in [4.69, 9.17) is 0 Å². The van der Waals surface area contributed by atoms with Crippen molar-refractivity contribution in [2.45, 2.75) is 25.7 Å². The molecule has 2 aliphatic rings. The summed E-state index contributed by atoms with van der Waals surface area (Å²) in [5.41, 5.74) is 22.3. The highest BCUT2D eigenvalue weighted by Crippen LogP contribution is 2.52. The molecular weight excluding hydrogens is 639 g/mol. The Kier molecular flexibility index (Phi) is 6.43. The van der Waals surface area contributed by atoms with Crippen molar-refractivity contribution >= 4 is 21.8 Å². The highest BCUT2D eigenvalue weighted by molar-refractivity contribution is 6.12. The lowest BCUT2D eigenvalue weighted by Gasteiger charge is -2.22. The highest BCUT2D eigenvalue weighted by atomic mass is 15.0. The molecule has 2 aliphatic carbocycles. The van der Waals surface area contributed by atoms with Gasteiger partial charge < -0.3 is 4.57 Å². The summed E-state index contributed by atoms with van der Waals surface area (Å²) in [4.78, 5) is 0. The van der Waals surface area contributed by atoms with Crippen LogP contribution in [0, 0.1) is 0 Å². The Bertz CT molecular complexity index is 2920. The van der Waals surface area contributed by atoms with Crippen molar-refractivity contribution in [3.8, 4) is 61.3 Å². The second kappa shape index (κ2) is 11.3. The van der Waals surface area contributed by atoms with Crippen LogP contribution in [0.5, 0.6) is 0 Å². The van der Waals surface area contributed by atoms with Crippen LogP contribution in [0.3, 0.4) is 0 Å². The van der Waals surface area contributed by atoms with Gasteiger partial charge in [-0.3, -0.25) is 0 Å². The van der Waals surface area contributed by atoms with Crippen LogP contribution in [0.15, 0.2) is 176 Å². The number of nitrogens with zero attached hydrogens (tertiary/aromatic N) is 1. The average Bonchev–Trinajstić information content (AvgIpc) is 3.83. The third kappa shape index (κ3) is 4.44. The van der Waals surface area contributed by atoms with Crippen molar-refractivity contribution < 1.29 is 0 Å². The molecule has 11 rings (SSSR count). The molecule has 1 aromatic heterocycles. The van der Waals surface area contributed by atoms with Gasteiger partial charge in [0.25, 0.3) is 0 Å². The van der Waals surface area contributed by atoms with E-state index >= 15 is 0 Å². The van der Waals surface area contributed by atoms with Crippen LogP contribution in [-0.4, -0.2) is 4.57 Å². The lowest BCUT2D eigenvalue weighted by Crippen LogP contribution is -2.15. The van der Waals surface area contributed by atoms with Gasteiger partial charge in [-0.05, 0) is 108 Å². The molecule has 1 heterocycles. The maximum Gasteiger partial charge on any atom is 0.0544 e. The summed E-state index contributed by atoms with van der Waals surface area (Å²) in [5, 5.41) is 2.61. The van der Waals surface area contributed by atoms with Crippen LogP contribution in [0.25, 0.3) is 83.1 Å². The van der Waals surface area contributed by atoms with E-state index < -0.39 is 0 Å². The van der Waals surface area contributed by atoms with Gasteiger partial charge in [0, 0.05) is 22.6 Å². The summed E-state index contributed by atoms with van der Waals surface area (Å²) in [5.74, 6) is 0. The van der Waals surface area contributed by atoms with Crippen LogP contribution < -0.4 is 0 Å². The smallest absolute Gasteiger partial charge is 0.0544 e. The average molecular weight is 676 g/mol. The minimum atomic E-state index is -0.0658. The van der Waals surface area contributed by atoms with Crippen LogP contribution >= 0.6 is 0 Å². The molecule has 9 aromatic rings. The van der Waals surface area contributed by atoms with E-state index in [0.29, 0.717) is 0 Å². The van der Waals surface area contributed by atoms with Gasteiger partial charge in [0.2, 0.25) is 0 Å². The Labute approximate surface area is 310 Å². The molecule has 0 unspecified atom stereocenters. The number of benzene rings is 8. The van der Waals surface area contributed by atoms with E-state index in [2.05, 4.69) is 194 Å². The van der Waals surface area contributed by atoms with Crippen molar-refractivity contribution in [1.82, 2.24) is 4.57 Å². The Morgan fingerprint density at radius 3 is 1.83 bits per heavy atom. The van der Waals surface area contributed by atoms with Crippen molar-refractivity contribution in [3.63, 3.8) is 0 Å². The van der Waals surface area contributed by atoms with E-state index in [0.717, 1.165) is 6.42 Å². The molecule has 0 aliphatic heterocycles. The Morgan fingerprint density at radius 1 is 0.377 bits per heavy atom. The molecule has 250 valence electrons. The fourth-order valence-corrected chi connectivity index (χ4v) is 9.47. The minimum absolute atomic E-state index is 0.0658. The van der Waals surface area contributed by atoms with E-state index in [1.807, 2.05) is 0 Å². The molecular formula is C52H37N. The molecule has 53 heavy (non-hydrogen) atoms. The predicted octanol–water partition coefficient (Wildman–Crippen LogP) is 13.7. The molecule has 1 heteroatoms. The largest absolute Gasteiger partial charge is 0.309 e. The van der Waals surface area contributed by atoms with Crippen molar-refractivity contribution in [1.29, 1.82) is 0 Å². The van der Waals surface area contributed by atoms with Crippen molar-refractivity contribution in [3.05, 3.63) is 198 Å². The van der Waals surface area contributed by atoms with Crippen LogP contribution in [-0.2, 0) is 11.8 Å². The molecule has 0 atom stereocenters. The third-order valence-corrected chi connectivity index (χ3v) is 12.1. The van der Waals surface area contributed by atoms with Gasteiger partial charge in [0.15, 0.2) is 0 Å². The summed E-state index contributed by atoms with van der Waals surface area (Å²) >= 11 is 0. The number of aromatic nitrogens is 1. The van der Waals surface area contributed by atoms with E-state index in [-0.39, 0.29) is 5.41 Å². The molecule has 0 bridgehead atoms. The topological polar surface area (TPSA) is 4.93 Å². The summed E-state index contributed by atoms with van der Waals surface area (Å²) < 4.78 is 2.55. The standard InChI is InChI=1S/C52H37N/c1-52(2)47-22-8-6-17-41(47)44-31-46-42-18-7-9-23-49(42)53(51(46)32-48(44)52)50-24-12-21-40-39-20-11-19-38(43(39)30-45(40)50)37-16-10-15-36(29-37)35-27-25-34(26-28-35)33-13-4-3-5-14-33/h3-29,31-32H,30H2,1-2H3. The molecule has 0 N–H and O–H groups in total. The second-order valence-electron chi connectivity index (χ2n) is 15.3. The fraction of sp³-hybridized carbons (Fsp3) is 0.0769. The summed E-state index contributed by atoms with van der Waals surface area (Å²) in [7, 11) is 0. The molecule has 1 nitrogen and oxygen atoms in total. The van der Waals surface area contributed by atoms with Crippen molar-refractivity contribution in [2.24, 2.45) is 0 Å². The van der Waals surface area contributed by atoms with Gasteiger partial charge in [-0.1, -0.05) is 159 Å². The third-order valence-electron chi connectivity index (χ3n) is 12.1. The zero-order valence-corrected chi connectivity index (χ0v) is 29.9. The molecule has 0 spiro atoms. The number of hydrogen-bond donors (Lipinski definition) is 0. The molecule has 0 radical (unpaired) electrons. The van der Waals surface area contributed by atoms with E-state index in [9.17, 15) is 0 Å². The van der Waals surface area contributed by atoms with Crippen LogP contribution in [0.4, 0.5) is 0 Å². The lowest BCUT2D eigenvalue weighted by molar-refractivity contribution is 0.661. The first-order valence-electron chi connectivity index (χ1n) is 18.7. The summed E-state index contributed by atoms with van der Waals surface area (Å²) in [6.07, 6.45) is 0.892. The highest BCUT2D eigenvalue weighted by Gasteiger charge is 2.36. The maximum absolute atomic E-state index is 2.55. The van der Waals surface area contributed by atoms with Crippen LogP contribution in [0.2, 0.25) is 0 Å². The van der Waals surface area contributed by atoms with Gasteiger partial charge in [-0.2, -0.15) is 0 Å². The van der Waals surface area contributed by atoms with Gasteiger partial charge in [-0.15, -0.1) is 0 Å². The second-order valence-corrected chi connectivity index (χ2v) is 15.3. The first-order valence-corrected chi connectivity index (χ1v) is 18.7. The van der Waals surface area contributed by atoms with Crippen molar-refractivity contribution in [2.75, 3.05) is 0 Å². The lowest BCUT2D eigenvalue weighted by atomic mass is 9.82. The molecule has 0 fully saturated rings. The monoisotopic (exact) mass is 675 g/mol. The maximum atomic E-state index is 2.55. The zero-order chi connectivity index (χ0) is 35.3. The number of rotatable bonds is 4. The number of hydrogen-bond acceptors (Lipinski definition) is 0. The van der Waals surface area contributed by atoms with Crippen LogP contribution in [0.1, 0.15) is 36.1 Å². The van der Waals surface area contributed by atoms with Gasteiger partial charge in [0.05, 0.1) is 16.7 Å². The summed E-state index contributed by atoms with van der Waals surface area (Å²) in [6.45, 7) is 4.76. The van der Waals surface area contributed by atoms with E-state index in [1.54, 1.807) is 0 Å². The van der Waals surface area contributed by atoms with E-state index in [1.165, 1.54) is 105 Å². The SMILES string of the molecule is CC1(C)c2ccccc2-c2cc3c4ccccc4n(-c4cccc5c4Cc4c(-c6cccc(-c7ccc(-c8ccccc8)cc7)c6)cccc4-5)c3cc21. The molecule has 8 aromatic carbocycles.